The van der Waals surface area contributed by atoms with Crippen molar-refractivity contribution in [2.24, 2.45) is 0 Å². The van der Waals surface area contributed by atoms with E-state index in [0.717, 1.165) is 5.56 Å². The molecule has 0 saturated heterocycles. The van der Waals surface area contributed by atoms with Gasteiger partial charge in [0.1, 0.15) is 11.9 Å². The third-order valence-electron chi connectivity index (χ3n) is 4.35. The van der Waals surface area contributed by atoms with Crippen LogP contribution < -0.4 is 10.5 Å². The number of anilines is 1. The number of benzene rings is 1. The fraction of sp³-hybridized carbons (Fsp3) is 0.190. The van der Waals surface area contributed by atoms with E-state index in [-0.39, 0.29) is 12.3 Å². The maximum atomic E-state index is 8.96. The molecule has 0 aliphatic heterocycles. The molecule has 0 amide bonds. The van der Waals surface area contributed by atoms with Gasteiger partial charge < -0.3 is 21.0 Å². The number of rotatable bonds is 8. The van der Waals surface area contributed by atoms with Gasteiger partial charge in [0.15, 0.2) is 0 Å². The molecule has 0 bridgehead atoms. The highest BCUT2D eigenvalue weighted by Gasteiger charge is 2.16. The quantitative estimate of drug-likeness (QED) is 0.351. The molecule has 3 rings (SSSR count). The highest BCUT2D eigenvalue weighted by Crippen LogP contribution is 2.33. The first-order valence-corrected chi connectivity index (χ1v) is 9.90. The van der Waals surface area contributed by atoms with Gasteiger partial charge in [-0.3, -0.25) is 9.67 Å². The maximum absolute atomic E-state index is 8.96. The van der Waals surface area contributed by atoms with E-state index in [1.165, 1.54) is 12.4 Å². The molecule has 0 spiro atoms. The smallest absolute Gasteiger partial charge is 0.124 e. The van der Waals surface area contributed by atoms with Crippen molar-refractivity contribution in [3.05, 3.63) is 75.8 Å². The predicted octanol–water partition coefficient (Wildman–Crippen LogP) is 4.38. The molecule has 30 heavy (non-hydrogen) atoms. The number of hydrogen-bond acceptors (Lipinski definition) is 6. The molecule has 2 aromatic heterocycles. The van der Waals surface area contributed by atoms with Gasteiger partial charge in [0.05, 0.1) is 35.1 Å². The van der Waals surface area contributed by atoms with E-state index in [1.807, 2.05) is 6.92 Å². The number of nitrogens with one attached hydrogen (secondary N) is 1. The highest BCUT2D eigenvalue weighted by molar-refractivity contribution is 6.35. The van der Waals surface area contributed by atoms with Crippen molar-refractivity contribution in [3.8, 4) is 5.75 Å². The SMILES string of the molecule is C[C@@H](Oc1ccc(N)c(C(=N)/C=C/c2cnn(CCO)c2)c1)c1c(Cl)cncc1Cl. The lowest BCUT2D eigenvalue weighted by Gasteiger charge is -2.18. The van der Waals surface area contributed by atoms with Gasteiger partial charge in [0, 0.05) is 41.0 Å². The van der Waals surface area contributed by atoms with Gasteiger partial charge in [0.25, 0.3) is 0 Å². The lowest BCUT2D eigenvalue weighted by atomic mass is 10.1. The van der Waals surface area contributed by atoms with Gasteiger partial charge >= 0.3 is 0 Å². The molecular formula is C21H21Cl2N5O2. The van der Waals surface area contributed by atoms with E-state index in [2.05, 4.69) is 10.1 Å². The number of aliphatic hydroxyl groups is 1. The first-order chi connectivity index (χ1) is 14.4. The van der Waals surface area contributed by atoms with E-state index in [4.69, 9.17) is 44.2 Å². The molecular weight excluding hydrogens is 425 g/mol. The van der Waals surface area contributed by atoms with Gasteiger partial charge in [-0.05, 0) is 37.3 Å². The molecule has 0 fully saturated rings. The summed E-state index contributed by atoms with van der Waals surface area (Å²) in [5.74, 6) is 0.532. The first kappa shape index (κ1) is 21.8. The zero-order valence-electron chi connectivity index (χ0n) is 16.2. The summed E-state index contributed by atoms with van der Waals surface area (Å²) < 4.78 is 7.62. The zero-order chi connectivity index (χ0) is 21.7. The van der Waals surface area contributed by atoms with Crippen molar-refractivity contribution in [1.29, 1.82) is 5.41 Å². The lowest BCUT2D eigenvalue weighted by molar-refractivity contribution is 0.227. The Hall–Kier alpha value is -2.87. The van der Waals surface area contributed by atoms with Crippen LogP contribution in [0.5, 0.6) is 5.75 Å². The van der Waals surface area contributed by atoms with Crippen molar-refractivity contribution in [1.82, 2.24) is 14.8 Å². The number of halogens is 2. The summed E-state index contributed by atoms with van der Waals surface area (Å²) in [4.78, 5) is 3.95. The van der Waals surface area contributed by atoms with Crippen LogP contribution in [0.1, 0.15) is 29.7 Å². The molecule has 9 heteroatoms. The van der Waals surface area contributed by atoms with Gasteiger partial charge in [0.2, 0.25) is 0 Å². The summed E-state index contributed by atoms with van der Waals surface area (Å²) >= 11 is 12.4. The van der Waals surface area contributed by atoms with Crippen molar-refractivity contribution in [2.75, 3.05) is 12.3 Å². The minimum atomic E-state index is -0.424. The minimum Gasteiger partial charge on any atom is -0.486 e. The number of hydrogen-bond donors (Lipinski definition) is 3. The van der Waals surface area contributed by atoms with Crippen LogP contribution in [0, 0.1) is 5.41 Å². The topological polar surface area (TPSA) is 110 Å². The number of aliphatic hydroxyl groups excluding tert-OH is 1. The Morgan fingerprint density at radius 3 is 2.73 bits per heavy atom. The van der Waals surface area contributed by atoms with E-state index in [9.17, 15) is 0 Å². The molecule has 0 unspecified atom stereocenters. The molecule has 156 valence electrons. The Labute approximate surface area is 184 Å². The van der Waals surface area contributed by atoms with Crippen molar-refractivity contribution >= 4 is 40.7 Å². The van der Waals surface area contributed by atoms with Crippen LogP contribution in [-0.4, -0.2) is 32.2 Å². The van der Waals surface area contributed by atoms with Crippen molar-refractivity contribution in [2.45, 2.75) is 19.6 Å². The largest absolute Gasteiger partial charge is 0.486 e. The summed E-state index contributed by atoms with van der Waals surface area (Å²) in [7, 11) is 0. The zero-order valence-corrected chi connectivity index (χ0v) is 17.7. The summed E-state index contributed by atoms with van der Waals surface area (Å²) in [5, 5.41) is 22.3. The second-order valence-electron chi connectivity index (χ2n) is 6.53. The molecule has 0 radical (unpaired) electrons. The third kappa shape index (κ3) is 5.18. The number of ether oxygens (including phenoxy) is 1. The van der Waals surface area contributed by atoms with Gasteiger partial charge in [-0.2, -0.15) is 5.10 Å². The summed E-state index contributed by atoms with van der Waals surface area (Å²) in [6, 6.07) is 5.12. The maximum Gasteiger partial charge on any atom is 0.124 e. The number of allylic oxidation sites excluding steroid dienone is 1. The number of nitrogens with zero attached hydrogens (tertiary/aromatic N) is 3. The fourth-order valence-corrected chi connectivity index (χ4v) is 3.55. The Bertz CT molecular complexity index is 1060. The predicted molar refractivity (Wildman–Crippen MR) is 119 cm³/mol. The number of nitrogen functional groups attached to an aromatic ring is 1. The molecule has 0 aliphatic carbocycles. The van der Waals surface area contributed by atoms with Gasteiger partial charge in [-0.15, -0.1) is 0 Å². The molecule has 1 atom stereocenters. The Morgan fingerprint density at radius 2 is 2.03 bits per heavy atom. The highest BCUT2D eigenvalue weighted by atomic mass is 35.5. The molecule has 0 aliphatic rings. The normalized spacial score (nSPS) is 12.3. The molecule has 0 saturated carbocycles. The van der Waals surface area contributed by atoms with E-state index in [1.54, 1.807) is 47.4 Å². The molecule has 2 heterocycles. The molecule has 1 aromatic carbocycles. The Kier molecular flexibility index (Phi) is 7.10. The Balaban J connectivity index is 1.77. The summed E-state index contributed by atoms with van der Waals surface area (Å²) in [6.07, 6.45) is 9.44. The third-order valence-corrected chi connectivity index (χ3v) is 4.95. The van der Waals surface area contributed by atoms with Crippen LogP contribution in [0.4, 0.5) is 5.69 Å². The summed E-state index contributed by atoms with van der Waals surface area (Å²) in [5.41, 5.74) is 8.74. The average molecular weight is 446 g/mol. The monoisotopic (exact) mass is 445 g/mol. The van der Waals surface area contributed by atoms with Gasteiger partial charge in [-0.1, -0.05) is 23.2 Å². The van der Waals surface area contributed by atoms with Crippen LogP contribution in [0.25, 0.3) is 6.08 Å². The van der Waals surface area contributed by atoms with E-state index < -0.39 is 6.10 Å². The molecule has 3 aromatic rings. The number of nitrogens with two attached hydrogens (primary N) is 1. The number of aromatic nitrogens is 3. The van der Waals surface area contributed by atoms with Crippen LogP contribution in [-0.2, 0) is 6.54 Å². The average Bonchev–Trinajstić information content (AvgIpc) is 3.15. The van der Waals surface area contributed by atoms with E-state index in [0.29, 0.717) is 39.2 Å². The van der Waals surface area contributed by atoms with E-state index >= 15 is 0 Å². The number of pyridine rings is 1. The van der Waals surface area contributed by atoms with Crippen molar-refractivity contribution in [3.63, 3.8) is 0 Å². The van der Waals surface area contributed by atoms with Crippen LogP contribution in [0.3, 0.4) is 0 Å². The van der Waals surface area contributed by atoms with Gasteiger partial charge in [-0.25, -0.2) is 0 Å². The second-order valence-corrected chi connectivity index (χ2v) is 7.35. The molecule has 7 nitrogen and oxygen atoms in total. The Morgan fingerprint density at radius 1 is 1.30 bits per heavy atom. The second kappa shape index (κ2) is 9.75. The summed E-state index contributed by atoms with van der Waals surface area (Å²) in [6.45, 7) is 2.26. The minimum absolute atomic E-state index is 0.0122. The van der Waals surface area contributed by atoms with Crippen molar-refractivity contribution < 1.29 is 9.84 Å². The van der Waals surface area contributed by atoms with Crippen LogP contribution in [0.15, 0.2) is 49.1 Å². The van der Waals surface area contributed by atoms with Crippen LogP contribution in [0.2, 0.25) is 10.0 Å². The lowest BCUT2D eigenvalue weighted by Crippen LogP contribution is -2.07. The molecule has 4 N–H and O–H groups in total. The fourth-order valence-electron chi connectivity index (χ4n) is 2.87. The first-order valence-electron chi connectivity index (χ1n) is 9.14. The van der Waals surface area contributed by atoms with Crippen LogP contribution >= 0.6 is 23.2 Å². The standard InChI is InChI=1S/C21H21Cl2N5O2/c1-13(21-17(22)10-26-11-18(21)23)30-15-3-5-20(25)16(8-15)19(24)4-2-14-9-27-28(12-14)6-7-29/h2-5,8-13,24,29H,6-7,25H2,1H3/b4-2+,24-19?/t13-/m1/s1.